The molecule has 0 bridgehead atoms. The van der Waals surface area contributed by atoms with E-state index in [4.69, 9.17) is 4.74 Å². The lowest BCUT2D eigenvalue weighted by atomic mass is 10.1. The minimum Gasteiger partial charge on any atom is -0.494 e. The van der Waals surface area contributed by atoms with E-state index < -0.39 is 0 Å². The Bertz CT molecular complexity index is 420. The van der Waals surface area contributed by atoms with Gasteiger partial charge in [0.25, 0.3) is 0 Å². The van der Waals surface area contributed by atoms with Gasteiger partial charge in [-0.1, -0.05) is 6.42 Å². The van der Waals surface area contributed by atoms with E-state index in [0.717, 1.165) is 18.8 Å². The van der Waals surface area contributed by atoms with Gasteiger partial charge >= 0.3 is 0 Å². The van der Waals surface area contributed by atoms with Gasteiger partial charge in [-0.2, -0.15) is 0 Å². The predicted octanol–water partition coefficient (Wildman–Crippen LogP) is 3.93. The zero-order valence-corrected chi connectivity index (χ0v) is 13.8. The molecule has 22 heavy (non-hydrogen) atoms. The van der Waals surface area contributed by atoms with Crippen molar-refractivity contribution in [2.75, 3.05) is 44.2 Å². The average Bonchev–Trinajstić information content (AvgIpc) is 2.61. The average molecular weight is 302 g/mol. The lowest BCUT2D eigenvalue weighted by Gasteiger charge is -2.28. The summed E-state index contributed by atoms with van der Waals surface area (Å²) in [6, 6.07) is 8.69. The molecule has 1 aromatic carbocycles. The molecule has 1 aromatic rings. The molecule has 122 valence electrons. The molecule has 2 heterocycles. The van der Waals surface area contributed by atoms with E-state index in [1.807, 2.05) is 0 Å². The van der Waals surface area contributed by atoms with Gasteiger partial charge in [-0.3, -0.25) is 0 Å². The number of hydrogen-bond donors (Lipinski definition) is 0. The summed E-state index contributed by atoms with van der Waals surface area (Å²) < 4.78 is 5.89. The van der Waals surface area contributed by atoms with Crippen molar-refractivity contribution in [3.8, 4) is 5.75 Å². The molecule has 0 N–H and O–H groups in total. The number of rotatable bonds is 6. The van der Waals surface area contributed by atoms with E-state index in [2.05, 4.69) is 34.1 Å². The van der Waals surface area contributed by atoms with E-state index in [9.17, 15) is 0 Å². The Morgan fingerprint density at radius 2 is 1.41 bits per heavy atom. The first-order chi connectivity index (χ1) is 10.9. The fraction of sp³-hybridized carbons (Fsp3) is 0.684. The lowest BCUT2D eigenvalue weighted by molar-refractivity contribution is 0.205. The number of ether oxygens (including phenoxy) is 1. The van der Waals surface area contributed by atoms with E-state index in [-0.39, 0.29) is 0 Å². The minimum absolute atomic E-state index is 0.833. The van der Waals surface area contributed by atoms with E-state index in [1.54, 1.807) is 0 Å². The molecule has 3 nitrogen and oxygen atoms in total. The molecule has 3 rings (SSSR count). The molecule has 2 saturated heterocycles. The number of anilines is 1. The van der Waals surface area contributed by atoms with Crippen molar-refractivity contribution < 1.29 is 4.74 Å². The molecule has 0 unspecified atom stereocenters. The van der Waals surface area contributed by atoms with Gasteiger partial charge < -0.3 is 14.5 Å². The van der Waals surface area contributed by atoms with Crippen molar-refractivity contribution in [1.82, 2.24) is 4.90 Å². The van der Waals surface area contributed by atoms with Gasteiger partial charge in [0.05, 0.1) is 6.61 Å². The summed E-state index contributed by atoms with van der Waals surface area (Å²) in [6.07, 6.45) is 9.33. The van der Waals surface area contributed by atoms with E-state index >= 15 is 0 Å². The van der Waals surface area contributed by atoms with Crippen molar-refractivity contribution in [1.29, 1.82) is 0 Å². The maximum Gasteiger partial charge on any atom is 0.119 e. The largest absolute Gasteiger partial charge is 0.494 e. The van der Waals surface area contributed by atoms with Crippen LogP contribution >= 0.6 is 0 Å². The van der Waals surface area contributed by atoms with Crippen LogP contribution in [-0.2, 0) is 0 Å². The van der Waals surface area contributed by atoms with Crippen LogP contribution in [0, 0.1) is 0 Å². The topological polar surface area (TPSA) is 15.7 Å². The van der Waals surface area contributed by atoms with Crippen LogP contribution in [0.5, 0.6) is 5.75 Å². The SMILES string of the molecule is c1cc(N2CCCCC2)ccc1OCCCN1CCCCC1. The highest BCUT2D eigenvalue weighted by Crippen LogP contribution is 2.22. The summed E-state index contributed by atoms with van der Waals surface area (Å²) in [7, 11) is 0. The molecule has 2 fully saturated rings. The summed E-state index contributed by atoms with van der Waals surface area (Å²) in [5.74, 6) is 1.01. The fourth-order valence-electron chi connectivity index (χ4n) is 3.57. The quantitative estimate of drug-likeness (QED) is 0.741. The first-order valence-electron chi connectivity index (χ1n) is 9.12. The fourth-order valence-corrected chi connectivity index (χ4v) is 3.57. The molecule has 2 aliphatic heterocycles. The van der Waals surface area contributed by atoms with Crippen molar-refractivity contribution in [3.05, 3.63) is 24.3 Å². The van der Waals surface area contributed by atoms with Gasteiger partial charge in [-0.15, -0.1) is 0 Å². The number of nitrogens with zero attached hydrogens (tertiary/aromatic N) is 2. The standard InChI is InChI=1S/C19H30N2O/c1-3-12-20(13-4-1)14-7-17-22-19-10-8-18(9-11-19)21-15-5-2-6-16-21/h8-11H,1-7,12-17H2. The van der Waals surface area contributed by atoms with Crippen LogP contribution in [-0.4, -0.2) is 44.2 Å². The second kappa shape index (κ2) is 8.42. The Balaban J connectivity index is 1.37. The Morgan fingerprint density at radius 3 is 2.09 bits per heavy atom. The van der Waals surface area contributed by atoms with Crippen molar-refractivity contribution in [2.24, 2.45) is 0 Å². The zero-order valence-electron chi connectivity index (χ0n) is 13.8. The van der Waals surface area contributed by atoms with E-state index in [1.165, 1.54) is 76.9 Å². The van der Waals surface area contributed by atoms with Gasteiger partial charge in [0, 0.05) is 25.3 Å². The second-order valence-corrected chi connectivity index (χ2v) is 6.65. The molecular weight excluding hydrogens is 272 g/mol. The van der Waals surface area contributed by atoms with Crippen molar-refractivity contribution in [2.45, 2.75) is 44.9 Å². The second-order valence-electron chi connectivity index (χ2n) is 6.65. The molecule has 0 aromatic heterocycles. The predicted molar refractivity (Wildman–Crippen MR) is 92.9 cm³/mol. The van der Waals surface area contributed by atoms with Crippen LogP contribution in [0.15, 0.2) is 24.3 Å². The summed E-state index contributed by atoms with van der Waals surface area (Å²) in [5.41, 5.74) is 1.35. The van der Waals surface area contributed by atoms with Crippen LogP contribution in [0.2, 0.25) is 0 Å². The third-order valence-corrected chi connectivity index (χ3v) is 4.89. The van der Waals surface area contributed by atoms with Gasteiger partial charge in [-0.05, 0) is 75.9 Å². The molecule has 3 heteroatoms. The lowest BCUT2D eigenvalue weighted by Crippen LogP contribution is -2.31. The molecule has 2 aliphatic rings. The highest BCUT2D eigenvalue weighted by Gasteiger charge is 2.11. The molecule has 0 radical (unpaired) electrons. The zero-order chi connectivity index (χ0) is 15.0. The normalized spacial score (nSPS) is 20.1. The maximum atomic E-state index is 5.89. The molecule has 0 atom stereocenters. The third kappa shape index (κ3) is 4.64. The van der Waals surface area contributed by atoms with Crippen LogP contribution in [0.3, 0.4) is 0 Å². The molecule has 0 saturated carbocycles. The highest BCUT2D eigenvalue weighted by atomic mass is 16.5. The Morgan fingerprint density at radius 1 is 0.773 bits per heavy atom. The smallest absolute Gasteiger partial charge is 0.119 e. The summed E-state index contributed by atoms with van der Waals surface area (Å²) in [6.45, 7) is 6.99. The van der Waals surface area contributed by atoms with Crippen LogP contribution in [0.25, 0.3) is 0 Å². The molecule has 0 spiro atoms. The van der Waals surface area contributed by atoms with Gasteiger partial charge in [-0.25, -0.2) is 0 Å². The third-order valence-electron chi connectivity index (χ3n) is 4.89. The minimum atomic E-state index is 0.833. The molecular formula is C19H30N2O. The monoisotopic (exact) mass is 302 g/mol. The summed E-state index contributed by atoms with van der Waals surface area (Å²) >= 11 is 0. The Kier molecular flexibility index (Phi) is 6.00. The summed E-state index contributed by atoms with van der Waals surface area (Å²) in [5, 5.41) is 0. The summed E-state index contributed by atoms with van der Waals surface area (Å²) in [4.78, 5) is 5.07. The maximum absolute atomic E-state index is 5.89. The highest BCUT2D eigenvalue weighted by molar-refractivity contribution is 5.49. The molecule has 0 amide bonds. The van der Waals surface area contributed by atoms with Crippen molar-refractivity contribution >= 4 is 5.69 Å². The number of benzene rings is 1. The van der Waals surface area contributed by atoms with Crippen LogP contribution < -0.4 is 9.64 Å². The van der Waals surface area contributed by atoms with Crippen LogP contribution in [0.1, 0.15) is 44.9 Å². The van der Waals surface area contributed by atoms with E-state index in [0.29, 0.717) is 0 Å². The number of likely N-dealkylation sites (tertiary alicyclic amines) is 1. The van der Waals surface area contributed by atoms with Crippen LogP contribution in [0.4, 0.5) is 5.69 Å². The molecule has 0 aliphatic carbocycles. The number of hydrogen-bond acceptors (Lipinski definition) is 3. The Hall–Kier alpha value is -1.22. The van der Waals surface area contributed by atoms with Crippen molar-refractivity contribution in [3.63, 3.8) is 0 Å². The first-order valence-corrected chi connectivity index (χ1v) is 9.12. The van der Waals surface area contributed by atoms with Gasteiger partial charge in [0.1, 0.15) is 5.75 Å². The number of piperidine rings is 2. The van der Waals surface area contributed by atoms with Gasteiger partial charge in [0.2, 0.25) is 0 Å². The Labute approximate surface area is 135 Å². The first kappa shape index (κ1) is 15.7. The van der Waals surface area contributed by atoms with Gasteiger partial charge in [0.15, 0.2) is 0 Å².